The quantitative estimate of drug-likeness (QED) is 0.744. The molecule has 0 aliphatic carbocycles. The summed E-state index contributed by atoms with van der Waals surface area (Å²) in [6, 6.07) is 13.1. The lowest BCUT2D eigenvalue weighted by atomic mass is 10.1. The van der Waals surface area contributed by atoms with E-state index < -0.39 is 0 Å². The average Bonchev–Trinajstić information content (AvgIpc) is 2.64. The number of fused-ring (bicyclic) bond motifs is 1. The van der Waals surface area contributed by atoms with Crippen molar-refractivity contribution in [2.45, 2.75) is 25.8 Å². The Kier molecular flexibility index (Phi) is 4.09. The van der Waals surface area contributed by atoms with E-state index in [0.717, 1.165) is 24.4 Å². The highest BCUT2D eigenvalue weighted by Gasteiger charge is 2.17. The molecule has 24 heavy (non-hydrogen) atoms. The van der Waals surface area contributed by atoms with Gasteiger partial charge in [-0.2, -0.15) is 0 Å². The number of benzene rings is 1. The number of aromatic nitrogens is 3. The van der Waals surface area contributed by atoms with Crippen LogP contribution < -0.4 is 5.56 Å². The zero-order chi connectivity index (χ0) is 16.4. The van der Waals surface area contributed by atoms with Crippen LogP contribution in [-0.2, 0) is 6.54 Å². The van der Waals surface area contributed by atoms with E-state index in [1.807, 2.05) is 42.5 Å². The maximum atomic E-state index is 13.1. The van der Waals surface area contributed by atoms with Crippen LogP contribution in [0.3, 0.4) is 0 Å². The largest absolute Gasteiger partial charge is 0.296 e. The summed E-state index contributed by atoms with van der Waals surface area (Å²) in [5, 5.41) is 0.630. The van der Waals surface area contributed by atoms with Crippen molar-refractivity contribution in [2.75, 3.05) is 13.1 Å². The lowest BCUT2D eigenvalue weighted by molar-refractivity contribution is 0.214. The van der Waals surface area contributed by atoms with E-state index in [0.29, 0.717) is 17.7 Å². The fourth-order valence-electron chi connectivity index (χ4n) is 3.32. The Morgan fingerprint density at radius 1 is 0.958 bits per heavy atom. The molecule has 0 radical (unpaired) electrons. The molecule has 0 spiro atoms. The highest BCUT2D eigenvalue weighted by molar-refractivity contribution is 5.77. The fourth-order valence-corrected chi connectivity index (χ4v) is 3.32. The Balaban J connectivity index is 1.88. The van der Waals surface area contributed by atoms with Crippen LogP contribution in [0.25, 0.3) is 16.7 Å². The molecule has 1 aliphatic rings. The molecule has 1 saturated heterocycles. The van der Waals surface area contributed by atoms with Crippen LogP contribution in [-0.4, -0.2) is 32.5 Å². The van der Waals surface area contributed by atoms with E-state index in [4.69, 9.17) is 4.98 Å². The summed E-state index contributed by atoms with van der Waals surface area (Å²) in [5.74, 6) is 1.40. The van der Waals surface area contributed by atoms with Crippen molar-refractivity contribution >= 4 is 10.9 Å². The molecular weight excluding hydrogens is 300 g/mol. The highest BCUT2D eigenvalue weighted by atomic mass is 16.1. The summed E-state index contributed by atoms with van der Waals surface area (Å²) in [6.07, 6.45) is 5.42. The van der Waals surface area contributed by atoms with Gasteiger partial charge in [0.1, 0.15) is 11.6 Å². The van der Waals surface area contributed by atoms with E-state index in [2.05, 4.69) is 9.88 Å². The van der Waals surface area contributed by atoms with Crippen molar-refractivity contribution in [2.24, 2.45) is 0 Å². The SMILES string of the molecule is O=c1c2ccccc2nc(CN2CCCCC2)n1-c1ccccn1. The van der Waals surface area contributed by atoms with Gasteiger partial charge in [-0.15, -0.1) is 0 Å². The van der Waals surface area contributed by atoms with E-state index >= 15 is 0 Å². The first-order valence-corrected chi connectivity index (χ1v) is 8.47. The van der Waals surface area contributed by atoms with Crippen LogP contribution in [0.15, 0.2) is 53.5 Å². The number of likely N-dealkylation sites (tertiary alicyclic amines) is 1. The second-order valence-electron chi connectivity index (χ2n) is 6.21. The van der Waals surface area contributed by atoms with E-state index in [-0.39, 0.29) is 5.56 Å². The molecule has 1 fully saturated rings. The van der Waals surface area contributed by atoms with Gasteiger partial charge >= 0.3 is 0 Å². The van der Waals surface area contributed by atoms with Crippen LogP contribution in [0.5, 0.6) is 0 Å². The molecule has 0 bridgehead atoms. The molecule has 3 heterocycles. The van der Waals surface area contributed by atoms with E-state index in [1.165, 1.54) is 19.3 Å². The summed E-state index contributed by atoms with van der Waals surface area (Å²) in [7, 11) is 0. The topological polar surface area (TPSA) is 51.0 Å². The number of hydrogen-bond acceptors (Lipinski definition) is 4. The first kappa shape index (κ1) is 15.0. The van der Waals surface area contributed by atoms with Crippen molar-refractivity contribution in [1.29, 1.82) is 0 Å². The maximum Gasteiger partial charge on any atom is 0.267 e. The minimum absolute atomic E-state index is 0.0497. The predicted octanol–water partition coefficient (Wildman–Crippen LogP) is 2.77. The van der Waals surface area contributed by atoms with Crippen molar-refractivity contribution in [1.82, 2.24) is 19.4 Å². The second-order valence-corrected chi connectivity index (χ2v) is 6.21. The average molecular weight is 320 g/mol. The van der Waals surface area contributed by atoms with Crippen molar-refractivity contribution in [3.63, 3.8) is 0 Å². The molecule has 1 aliphatic heterocycles. The number of piperidine rings is 1. The Morgan fingerprint density at radius 3 is 2.54 bits per heavy atom. The Labute approximate surface area is 140 Å². The van der Waals surface area contributed by atoms with Crippen LogP contribution in [0.2, 0.25) is 0 Å². The maximum absolute atomic E-state index is 13.1. The molecule has 0 saturated carbocycles. The molecule has 0 N–H and O–H groups in total. The fraction of sp³-hybridized carbons (Fsp3) is 0.316. The molecule has 3 aromatic rings. The zero-order valence-electron chi connectivity index (χ0n) is 13.6. The Bertz CT molecular complexity index is 898. The van der Waals surface area contributed by atoms with Gasteiger partial charge in [-0.3, -0.25) is 9.69 Å². The molecule has 0 amide bonds. The molecule has 5 nitrogen and oxygen atoms in total. The minimum Gasteiger partial charge on any atom is -0.296 e. The minimum atomic E-state index is -0.0497. The molecule has 2 aromatic heterocycles. The summed E-state index contributed by atoms with van der Waals surface area (Å²) in [6.45, 7) is 2.80. The van der Waals surface area contributed by atoms with E-state index in [1.54, 1.807) is 10.8 Å². The number of pyridine rings is 1. The van der Waals surface area contributed by atoms with Crippen LogP contribution in [0.4, 0.5) is 0 Å². The normalized spacial score (nSPS) is 15.7. The molecule has 1 aromatic carbocycles. The molecule has 5 heteroatoms. The van der Waals surface area contributed by atoms with Crippen molar-refractivity contribution in [3.8, 4) is 5.82 Å². The van der Waals surface area contributed by atoms with Crippen LogP contribution >= 0.6 is 0 Å². The molecule has 122 valence electrons. The molecule has 0 atom stereocenters. The third-order valence-electron chi connectivity index (χ3n) is 4.54. The van der Waals surface area contributed by atoms with E-state index in [9.17, 15) is 4.79 Å². The summed E-state index contributed by atoms with van der Waals surface area (Å²) < 4.78 is 1.66. The van der Waals surface area contributed by atoms with Gasteiger partial charge in [0.05, 0.1) is 17.4 Å². The van der Waals surface area contributed by atoms with Crippen LogP contribution in [0.1, 0.15) is 25.1 Å². The third kappa shape index (κ3) is 2.83. The number of rotatable bonds is 3. The van der Waals surface area contributed by atoms with Gasteiger partial charge in [0.2, 0.25) is 0 Å². The number of nitrogens with zero attached hydrogens (tertiary/aromatic N) is 4. The lowest BCUT2D eigenvalue weighted by Gasteiger charge is -2.27. The Hall–Kier alpha value is -2.53. The van der Waals surface area contributed by atoms with Gasteiger partial charge in [0.25, 0.3) is 5.56 Å². The monoisotopic (exact) mass is 320 g/mol. The first-order valence-electron chi connectivity index (χ1n) is 8.47. The van der Waals surface area contributed by atoms with Crippen molar-refractivity contribution in [3.05, 3.63) is 64.8 Å². The summed E-state index contributed by atoms with van der Waals surface area (Å²) in [5.41, 5.74) is 0.702. The summed E-state index contributed by atoms with van der Waals surface area (Å²) >= 11 is 0. The number of hydrogen-bond donors (Lipinski definition) is 0. The van der Waals surface area contributed by atoms with Gasteiger partial charge in [-0.25, -0.2) is 14.5 Å². The zero-order valence-corrected chi connectivity index (χ0v) is 13.6. The molecule has 4 rings (SSSR count). The van der Waals surface area contributed by atoms with Gasteiger partial charge in [-0.05, 0) is 50.2 Å². The summed E-state index contributed by atoms with van der Waals surface area (Å²) in [4.78, 5) is 24.6. The molecular formula is C19H20N4O. The van der Waals surface area contributed by atoms with Gasteiger partial charge in [0.15, 0.2) is 0 Å². The lowest BCUT2D eigenvalue weighted by Crippen LogP contribution is -2.33. The van der Waals surface area contributed by atoms with Gasteiger partial charge < -0.3 is 0 Å². The first-order chi connectivity index (χ1) is 11.8. The second kappa shape index (κ2) is 6.53. The highest BCUT2D eigenvalue weighted by Crippen LogP contribution is 2.16. The van der Waals surface area contributed by atoms with Crippen molar-refractivity contribution < 1.29 is 0 Å². The van der Waals surface area contributed by atoms with Gasteiger partial charge in [0, 0.05) is 6.20 Å². The smallest absolute Gasteiger partial charge is 0.267 e. The third-order valence-corrected chi connectivity index (χ3v) is 4.54. The van der Waals surface area contributed by atoms with Gasteiger partial charge in [-0.1, -0.05) is 24.6 Å². The Morgan fingerprint density at radius 2 is 1.75 bits per heavy atom. The predicted molar refractivity (Wildman–Crippen MR) is 94.3 cm³/mol. The standard InChI is InChI=1S/C19H20N4O/c24-19-15-8-2-3-9-16(15)21-18(14-22-12-6-1-7-13-22)23(19)17-10-4-5-11-20-17/h2-5,8-11H,1,6-7,12-14H2. The van der Waals surface area contributed by atoms with Crippen LogP contribution in [0, 0.1) is 0 Å². The number of para-hydroxylation sites is 1. The molecule has 0 unspecified atom stereocenters.